The molecule has 4 aromatic rings. The first kappa shape index (κ1) is 18.1. The largest absolute Gasteiger partial charge is 0.493 e. The molecule has 0 spiro atoms. The van der Waals surface area contributed by atoms with E-state index in [0.29, 0.717) is 22.8 Å². The number of carbonyl (C=O) groups excluding carboxylic acids is 1. The summed E-state index contributed by atoms with van der Waals surface area (Å²) >= 11 is 1.46. The molecule has 0 unspecified atom stereocenters. The van der Waals surface area contributed by atoms with Gasteiger partial charge in [-0.05, 0) is 30.3 Å². The second-order valence-electron chi connectivity index (χ2n) is 5.94. The molecular formula is C21H17NO5S. The number of rotatable bonds is 6. The van der Waals surface area contributed by atoms with E-state index in [0.717, 1.165) is 16.0 Å². The van der Waals surface area contributed by atoms with Crippen molar-refractivity contribution in [3.05, 3.63) is 65.4 Å². The summed E-state index contributed by atoms with van der Waals surface area (Å²) in [4.78, 5) is 16.8. The molecule has 7 heteroatoms. The monoisotopic (exact) mass is 395 g/mol. The van der Waals surface area contributed by atoms with Crippen LogP contribution in [0.1, 0.15) is 16.2 Å². The van der Waals surface area contributed by atoms with Gasteiger partial charge in [0.2, 0.25) is 5.76 Å². The first-order chi connectivity index (χ1) is 13.7. The fraction of sp³-hybridized carbons (Fsp3) is 0.143. The molecule has 0 aliphatic heterocycles. The number of fused-ring (bicyclic) bond motifs is 1. The molecule has 142 valence electrons. The molecule has 0 bridgehead atoms. The Morgan fingerprint density at radius 1 is 1.07 bits per heavy atom. The van der Waals surface area contributed by atoms with Crippen LogP contribution in [0.15, 0.2) is 58.3 Å². The van der Waals surface area contributed by atoms with E-state index in [1.807, 2.05) is 47.8 Å². The SMILES string of the molecule is COc1ccc(-c2nc(COC(=O)c3cc4ccccc4o3)cs2)cc1OC. The van der Waals surface area contributed by atoms with Crippen LogP contribution in [0.25, 0.3) is 21.5 Å². The van der Waals surface area contributed by atoms with E-state index < -0.39 is 5.97 Å². The normalized spacial score (nSPS) is 10.8. The second kappa shape index (κ2) is 7.74. The summed E-state index contributed by atoms with van der Waals surface area (Å²) in [5, 5.41) is 3.52. The summed E-state index contributed by atoms with van der Waals surface area (Å²) in [5.74, 6) is 0.948. The van der Waals surface area contributed by atoms with Crippen LogP contribution in [-0.2, 0) is 11.3 Å². The highest BCUT2D eigenvalue weighted by Gasteiger charge is 2.15. The number of esters is 1. The van der Waals surface area contributed by atoms with Crippen LogP contribution < -0.4 is 9.47 Å². The third-order valence-corrected chi connectivity index (χ3v) is 5.10. The third kappa shape index (κ3) is 3.57. The summed E-state index contributed by atoms with van der Waals surface area (Å²) in [5.41, 5.74) is 2.22. The number of furan rings is 1. The molecule has 6 nitrogen and oxygen atoms in total. The maximum atomic E-state index is 12.2. The molecule has 0 saturated heterocycles. The van der Waals surface area contributed by atoms with Gasteiger partial charge in [-0.2, -0.15) is 0 Å². The summed E-state index contributed by atoms with van der Waals surface area (Å²) in [7, 11) is 3.18. The van der Waals surface area contributed by atoms with Crippen LogP contribution in [-0.4, -0.2) is 25.2 Å². The number of methoxy groups -OCH3 is 2. The summed E-state index contributed by atoms with van der Waals surface area (Å²) < 4.78 is 21.4. The predicted octanol–water partition coefficient (Wildman–Crippen LogP) is 4.93. The fourth-order valence-corrected chi connectivity index (χ4v) is 3.57. The second-order valence-corrected chi connectivity index (χ2v) is 6.80. The van der Waals surface area contributed by atoms with Crippen LogP contribution >= 0.6 is 11.3 Å². The van der Waals surface area contributed by atoms with E-state index in [1.165, 1.54) is 11.3 Å². The average Bonchev–Trinajstić information content (AvgIpc) is 3.38. The number of aromatic nitrogens is 1. The lowest BCUT2D eigenvalue weighted by molar-refractivity contribution is 0.0434. The first-order valence-electron chi connectivity index (χ1n) is 8.50. The Morgan fingerprint density at radius 3 is 2.68 bits per heavy atom. The molecule has 0 atom stereocenters. The number of hydrogen-bond donors (Lipinski definition) is 0. The molecule has 0 N–H and O–H groups in total. The van der Waals surface area contributed by atoms with Gasteiger partial charge in [0.05, 0.1) is 19.9 Å². The fourth-order valence-electron chi connectivity index (χ4n) is 2.77. The number of hydrogen-bond acceptors (Lipinski definition) is 7. The molecule has 2 aromatic carbocycles. The van der Waals surface area contributed by atoms with Crippen LogP contribution in [0.3, 0.4) is 0 Å². The Balaban J connectivity index is 1.45. The van der Waals surface area contributed by atoms with Gasteiger partial charge < -0.3 is 18.6 Å². The van der Waals surface area contributed by atoms with E-state index in [2.05, 4.69) is 4.98 Å². The molecular weight excluding hydrogens is 378 g/mol. The summed E-state index contributed by atoms with van der Waals surface area (Å²) in [6, 6.07) is 14.7. The number of ether oxygens (including phenoxy) is 3. The maximum Gasteiger partial charge on any atom is 0.374 e. The molecule has 2 aromatic heterocycles. The first-order valence-corrected chi connectivity index (χ1v) is 9.38. The van der Waals surface area contributed by atoms with Gasteiger partial charge in [-0.15, -0.1) is 11.3 Å². The topological polar surface area (TPSA) is 70.8 Å². The lowest BCUT2D eigenvalue weighted by atomic mass is 10.2. The van der Waals surface area contributed by atoms with Gasteiger partial charge in [0.15, 0.2) is 11.5 Å². The van der Waals surface area contributed by atoms with Crippen LogP contribution in [0.5, 0.6) is 11.5 Å². The number of para-hydroxylation sites is 1. The van der Waals surface area contributed by atoms with Crippen molar-refractivity contribution < 1.29 is 23.4 Å². The lowest BCUT2D eigenvalue weighted by Crippen LogP contribution is -2.04. The molecule has 28 heavy (non-hydrogen) atoms. The van der Waals surface area contributed by atoms with Crippen LogP contribution in [0.2, 0.25) is 0 Å². The Bertz CT molecular complexity index is 1100. The van der Waals surface area contributed by atoms with Crippen molar-refractivity contribution in [3.63, 3.8) is 0 Å². The summed E-state index contributed by atoms with van der Waals surface area (Å²) in [6.07, 6.45) is 0. The molecule has 0 aliphatic rings. The number of benzene rings is 2. The number of nitrogens with zero attached hydrogens (tertiary/aromatic N) is 1. The molecule has 2 heterocycles. The van der Waals surface area contributed by atoms with Gasteiger partial charge in [-0.1, -0.05) is 18.2 Å². The van der Waals surface area contributed by atoms with Crippen molar-refractivity contribution in [1.29, 1.82) is 0 Å². The van der Waals surface area contributed by atoms with Crippen LogP contribution in [0, 0.1) is 0 Å². The van der Waals surface area contributed by atoms with Crippen molar-refractivity contribution in [3.8, 4) is 22.1 Å². The molecule has 0 aliphatic carbocycles. The third-order valence-electron chi connectivity index (χ3n) is 4.16. The zero-order valence-electron chi connectivity index (χ0n) is 15.3. The Labute approximate surface area is 165 Å². The Kier molecular flexibility index (Phi) is 4.99. The van der Waals surface area contributed by atoms with Crippen molar-refractivity contribution >= 4 is 28.3 Å². The van der Waals surface area contributed by atoms with Gasteiger partial charge in [0, 0.05) is 16.3 Å². The lowest BCUT2D eigenvalue weighted by Gasteiger charge is -2.08. The van der Waals surface area contributed by atoms with E-state index in [4.69, 9.17) is 18.6 Å². The smallest absolute Gasteiger partial charge is 0.374 e. The quantitative estimate of drug-likeness (QED) is 0.431. The predicted molar refractivity (Wildman–Crippen MR) is 106 cm³/mol. The van der Waals surface area contributed by atoms with Crippen molar-refractivity contribution in [2.75, 3.05) is 14.2 Å². The standard InChI is InChI=1S/C21H17NO5S/c1-24-17-8-7-14(10-18(17)25-2)20-22-15(12-28-20)11-26-21(23)19-9-13-5-3-4-6-16(13)27-19/h3-10,12H,11H2,1-2H3. The highest BCUT2D eigenvalue weighted by atomic mass is 32.1. The minimum absolute atomic E-state index is 0.0691. The minimum Gasteiger partial charge on any atom is -0.493 e. The zero-order valence-corrected chi connectivity index (χ0v) is 16.1. The summed E-state index contributed by atoms with van der Waals surface area (Å²) in [6.45, 7) is 0.0691. The Morgan fingerprint density at radius 2 is 1.89 bits per heavy atom. The van der Waals surface area contributed by atoms with Gasteiger partial charge >= 0.3 is 5.97 Å². The van der Waals surface area contributed by atoms with E-state index in [9.17, 15) is 4.79 Å². The van der Waals surface area contributed by atoms with Crippen molar-refractivity contribution in [2.24, 2.45) is 0 Å². The van der Waals surface area contributed by atoms with Gasteiger partial charge in [0.1, 0.15) is 17.2 Å². The Hall–Kier alpha value is -3.32. The molecule has 4 rings (SSSR count). The minimum atomic E-state index is -0.517. The highest BCUT2D eigenvalue weighted by Crippen LogP contribution is 2.33. The molecule has 0 radical (unpaired) electrons. The van der Waals surface area contributed by atoms with Gasteiger partial charge in [-0.3, -0.25) is 0 Å². The van der Waals surface area contributed by atoms with E-state index >= 15 is 0 Å². The maximum absolute atomic E-state index is 12.2. The number of thiazole rings is 1. The highest BCUT2D eigenvalue weighted by molar-refractivity contribution is 7.13. The zero-order chi connectivity index (χ0) is 19.5. The van der Waals surface area contributed by atoms with Crippen LogP contribution in [0.4, 0.5) is 0 Å². The number of carbonyl (C=O) groups is 1. The van der Waals surface area contributed by atoms with Crippen molar-refractivity contribution in [1.82, 2.24) is 4.98 Å². The molecule has 0 amide bonds. The molecule has 0 saturated carbocycles. The van der Waals surface area contributed by atoms with E-state index in [-0.39, 0.29) is 12.4 Å². The molecule has 0 fully saturated rings. The van der Waals surface area contributed by atoms with E-state index in [1.54, 1.807) is 20.3 Å². The van der Waals surface area contributed by atoms with Gasteiger partial charge in [-0.25, -0.2) is 9.78 Å². The van der Waals surface area contributed by atoms with Crippen molar-refractivity contribution in [2.45, 2.75) is 6.61 Å². The average molecular weight is 395 g/mol. The van der Waals surface area contributed by atoms with Gasteiger partial charge in [0.25, 0.3) is 0 Å².